The van der Waals surface area contributed by atoms with E-state index in [2.05, 4.69) is 34.2 Å². The lowest BCUT2D eigenvalue weighted by Gasteiger charge is -2.09. The van der Waals surface area contributed by atoms with Crippen LogP contribution in [0, 0.1) is 5.92 Å². The van der Waals surface area contributed by atoms with E-state index in [0.717, 1.165) is 36.0 Å². The minimum absolute atomic E-state index is 0.135. The first kappa shape index (κ1) is 17.8. The molecule has 0 aliphatic heterocycles. The second-order valence-corrected chi connectivity index (χ2v) is 6.74. The number of nitrogens with zero attached hydrogens (tertiary/aromatic N) is 4. The molecular formula is C19H24N6O. The quantitative estimate of drug-likeness (QED) is 0.636. The average molecular weight is 352 g/mol. The van der Waals surface area contributed by atoms with Gasteiger partial charge in [0.2, 0.25) is 5.95 Å². The summed E-state index contributed by atoms with van der Waals surface area (Å²) in [6.07, 6.45) is 3.39. The molecule has 3 rings (SSSR count). The van der Waals surface area contributed by atoms with E-state index in [1.54, 1.807) is 6.07 Å². The molecule has 3 aromatic rings. The number of carbonyl (C=O) groups is 1. The fraction of sp³-hybridized carbons (Fsp3) is 0.368. The molecular weight excluding hydrogens is 328 g/mol. The van der Waals surface area contributed by atoms with Gasteiger partial charge in [-0.1, -0.05) is 32.0 Å². The van der Waals surface area contributed by atoms with E-state index in [1.165, 1.54) is 0 Å². The lowest BCUT2D eigenvalue weighted by molar-refractivity contribution is 0.0947. The van der Waals surface area contributed by atoms with Crippen molar-refractivity contribution >= 4 is 22.8 Å². The summed E-state index contributed by atoms with van der Waals surface area (Å²) in [6, 6.07) is 9.79. The standard InChI is InChI=1S/C19H24N6O/c1-13(2)10-15-11-16(24-19(20)23-15)18(26)21-8-5-9-25-17-7-4-3-6-14(17)12-22-25/h3-4,6-7,11-13H,5,8-10H2,1-2H3,(H,21,26)(H2,20,23,24). The summed E-state index contributed by atoms with van der Waals surface area (Å²) in [5.41, 5.74) is 7.94. The van der Waals surface area contributed by atoms with E-state index >= 15 is 0 Å². The predicted molar refractivity (Wildman–Crippen MR) is 102 cm³/mol. The van der Waals surface area contributed by atoms with Gasteiger partial charge in [0.05, 0.1) is 11.7 Å². The molecule has 0 bridgehead atoms. The summed E-state index contributed by atoms with van der Waals surface area (Å²) < 4.78 is 1.95. The Morgan fingerprint density at radius 1 is 1.27 bits per heavy atom. The monoisotopic (exact) mass is 352 g/mol. The van der Waals surface area contributed by atoms with E-state index in [1.807, 2.05) is 35.1 Å². The highest BCUT2D eigenvalue weighted by molar-refractivity contribution is 5.92. The first-order chi connectivity index (χ1) is 12.5. The van der Waals surface area contributed by atoms with Gasteiger partial charge in [0.15, 0.2) is 0 Å². The van der Waals surface area contributed by atoms with Gasteiger partial charge in [-0.15, -0.1) is 0 Å². The van der Waals surface area contributed by atoms with E-state index in [-0.39, 0.29) is 11.9 Å². The van der Waals surface area contributed by atoms with Crippen LogP contribution in [0.4, 0.5) is 5.95 Å². The number of rotatable bonds is 7. The van der Waals surface area contributed by atoms with Crippen LogP contribution in [0.2, 0.25) is 0 Å². The van der Waals surface area contributed by atoms with E-state index in [0.29, 0.717) is 18.2 Å². The molecule has 0 atom stereocenters. The molecule has 0 fully saturated rings. The number of carbonyl (C=O) groups excluding carboxylic acids is 1. The number of benzene rings is 1. The SMILES string of the molecule is CC(C)Cc1cc(C(=O)NCCCn2ncc3ccccc32)nc(N)n1. The van der Waals surface area contributed by atoms with Crippen molar-refractivity contribution in [1.29, 1.82) is 0 Å². The Morgan fingerprint density at radius 2 is 2.08 bits per heavy atom. The van der Waals surface area contributed by atoms with Crippen molar-refractivity contribution in [2.45, 2.75) is 33.2 Å². The molecule has 0 saturated heterocycles. The Morgan fingerprint density at radius 3 is 2.88 bits per heavy atom. The van der Waals surface area contributed by atoms with Crippen molar-refractivity contribution in [1.82, 2.24) is 25.1 Å². The molecule has 26 heavy (non-hydrogen) atoms. The highest BCUT2D eigenvalue weighted by Gasteiger charge is 2.11. The van der Waals surface area contributed by atoms with Crippen LogP contribution in [-0.4, -0.2) is 32.2 Å². The number of amides is 1. The van der Waals surface area contributed by atoms with Gasteiger partial charge in [-0.3, -0.25) is 9.48 Å². The third kappa shape index (κ3) is 4.36. The number of fused-ring (bicyclic) bond motifs is 1. The van der Waals surface area contributed by atoms with Gasteiger partial charge in [-0.05, 0) is 30.9 Å². The molecule has 1 amide bonds. The predicted octanol–water partition coefficient (Wildman–Crippen LogP) is 2.43. The number of hydrogen-bond acceptors (Lipinski definition) is 5. The molecule has 0 aliphatic rings. The fourth-order valence-corrected chi connectivity index (χ4v) is 2.88. The zero-order valence-electron chi connectivity index (χ0n) is 15.1. The van der Waals surface area contributed by atoms with E-state index in [4.69, 9.17) is 5.73 Å². The second kappa shape index (κ2) is 7.95. The highest BCUT2D eigenvalue weighted by atomic mass is 16.1. The van der Waals surface area contributed by atoms with Gasteiger partial charge < -0.3 is 11.1 Å². The van der Waals surface area contributed by atoms with Gasteiger partial charge in [-0.25, -0.2) is 9.97 Å². The second-order valence-electron chi connectivity index (χ2n) is 6.74. The lowest BCUT2D eigenvalue weighted by Crippen LogP contribution is -2.27. The number of para-hydroxylation sites is 1. The van der Waals surface area contributed by atoms with Crippen LogP contribution >= 0.6 is 0 Å². The number of hydrogen-bond donors (Lipinski definition) is 2. The van der Waals surface area contributed by atoms with Crippen LogP contribution < -0.4 is 11.1 Å². The van der Waals surface area contributed by atoms with Crippen molar-refractivity contribution in [2.75, 3.05) is 12.3 Å². The molecule has 3 N–H and O–H groups in total. The zero-order valence-corrected chi connectivity index (χ0v) is 15.1. The lowest BCUT2D eigenvalue weighted by atomic mass is 10.1. The third-order valence-electron chi connectivity index (χ3n) is 4.03. The largest absolute Gasteiger partial charge is 0.368 e. The highest BCUT2D eigenvalue weighted by Crippen LogP contribution is 2.13. The Bertz CT molecular complexity index is 902. The average Bonchev–Trinajstić information content (AvgIpc) is 3.00. The Hall–Kier alpha value is -2.96. The summed E-state index contributed by atoms with van der Waals surface area (Å²) in [6.45, 7) is 5.46. The van der Waals surface area contributed by atoms with Gasteiger partial charge in [0.1, 0.15) is 5.69 Å². The number of aromatic nitrogens is 4. The molecule has 2 heterocycles. The Kier molecular flexibility index (Phi) is 5.46. The number of nitrogen functional groups attached to an aromatic ring is 1. The normalized spacial score (nSPS) is 11.2. The van der Waals surface area contributed by atoms with Crippen LogP contribution in [0.3, 0.4) is 0 Å². The van der Waals surface area contributed by atoms with E-state index in [9.17, 15) is 4.79 Å². The molecule has 0 unspecified atom stereocenters. The zero-order chi connectivity index (χ0) is 18.5. The number of anilines is 1. The third-order valence-corrected chi connectivity index (χ3v) is 4.03. The maximum atomic E-state index is 12.3. The minimum atomic E-state index is -0.227. The van der Waals surface area contributed by atoms with Crippen LogP contribution in [-0.2, 0) is 13.0 Å². The first-order valence-electron chi connectivity index (χ1n) is 8.85. The maximum Gasteiger partial charge on any atom is 0.270 e. The molecule has 7 nitrogen and oxygen atoms in total. The molecule has 0 radical (unpaired) electrons. The molecule has 7 heteroatoms. The molecule has 0 aliphatic carbocycles. The maximum absolute atomic E-state index is 12.3. The van der Waals surface area contributed by atoms with Gasteiger partial charge in [-0.2, -0.15) is 5.10 Å². The first-order valence-corrected chi connectivity index (χ1v) is 8.85. The smallest absolute Gasteiger partial charge is 0.270 e. The Balaban J connectivity index is 1.55. The molecule has 2 aromatic heterocycles. The Labute approximate surface area is 152 Å². The summed E-state index contributed by atoms with van der Waals surface area (Å²) >= 11 is 0. The summed E-state index contributed by atoms with van der Waals surface area (Å²) in [5, 5.41) is 8.40. The molecule has 0 spiro atoms. The van der Waals surface area contributed by atoms with Crippen LogP contribution in [0.1, 0.15) is 36.5 Å². The summed E-state index contributed by atoms with van der Waals surface area (Å²) in [7, 11) is 0. The summed E-state index contributed by atoms with van der Waals surface area (Å²) in [4.78, 5) is 20.6. The molecule has 1 aromatic carbocycles. The van der Waals surface area contributed by atoms with Gasteiger partial charge in [0.25, 0.3) is 5.91 Å². The number of aryl methyl sites for hydroxylation is 1. The van der Waals surface area contributed by atoms with Gasteiger partial charge in [0, 0.05) is 24.2 Å². The van der Waals surface area contributed by atoms with Crippen molar-refractivity contribution < 1.29 is 4.79 Å². The van der Waals surface area contributed by atoms with Gasteiger partial charge >= 0.3 is 0 Å². The van der Waals surface area contributed by atoms with Crippen molar-refractivity contribution in [3.8, 4) is 0 Å². The van der Waals surface area contributed by atoms with Crippen molar-refractivity contribution in [3.05, 3.63) is 47.9 Å². The van der Waals surface area contributed by atoms with Crippen molar-refractivity contribution in [2.24, 2.45) is 5.92 Å². The van der Waals surface area contributed by atoms with E-state index < -0.39 is 0 Å². The number of nitrogens with two attached hydrogens (primary N) is 1. The van der Waals surface area contributed by atoms with Crippen LogP contribution in [0.5, 0.6) is 0 Å². The topological polar surface area (TPSA) is 98.7 Å². The van der Waals surface area contributed by atoms with Crippen molar-refractivity contribution in [3.63, 3.8) is 0 Å². The van der Waals surface area contributed by atoms with Crippen LogP contribution in [0.25, 0.3) is 10.9 Å². The summed E-state index contributed by atoms with van der Waals surface area (Å²) in [5.74, 6) is 0.342. The minimum Gasteiger partial charge on any atom is -0.368 e. The molecule has 0 saturated carbocycles. The fourth-order valence-electron chi connectivity index (χ4n) is 2.88. The molecule has 136 valence electrons. The number of nitrogens with one attached hydrogen (secondary N) is 1. The van der Waals surface area contributed by atoms with Crippen LogP contribution in [0.15, 0.2) is 36.5 Å².